The number of oxime groups is 1. The Hall–Kier alpha value is -2.11. The second kappa shape index (κ2) is 5.83. The minimum atomic E-state index is -1.12. The number of halogens is 1. The van der Waals surface area contributed by atoms with Gasteiger partial charge in [-0.25, -0.2) is 9.18 Å². The van der Waals surface area contributed by atoms with Gasteiger partial charge >= 0.3 is 5.97 Å². The smallest absolute Gasteiger partial charge is 0.344 e. The number of benzene rings is 1. The highest BCUT2D eigenvalue weighted by Gasteiger charge is 2.06. The number of aliphatic carboxylic acids is 1. The zero-order valence-electron chi connectivity index (χ0n) is 9.44. The van der Waals surface area contributed by atoms with Crippen LogP contribution in [0.1, 0.15) is 12.5 Å². The van der Waals surface area contributed by atoms with Crippen molar-refractivity contribution < 1.29 is 23.9 Å². The Morgan fingerprint density at radius 2 is 2.24 bits per heavy atom. The molecule has 0 fully saturated rings. The van der Waals surface area contributed by atoms with Crippen LogP contribution in [0.15, 0.2) is 23.4 Å². The van der Waals surface area contributed by atoms with E-state index in [0.29, 0.717) is 11.3 Å². The van der Waals surface area contributed by atoms with Gasteiger partial charge in [0.2, 0.25) is 6.61 Å². The summed E-state index contributed by atoms with van der Waals surface area (Å²) in [5.41, 5.74) is 0.876. The molecule has 17 heavy (non-hydrogen) atoms. The monoisotopic (exact) mass is 241 g/mol. The van der Waals surface area contributed by atoms with Gasteiger partial charge in [0, 0.05) is 5.56 Å². The van der Waals surface area contributed by atoms with Crippen LogP contribution in [0.4, 0.5) is 4.39 Å². The molecule has 0 bridgehead atoms. The van der Waals surface area contributed by atoms with E-state index in [0.717, 1.165) is 0 Å². The van der Waals surface area contributed by atoms with Crippen molar-refractivity contribution in [2.24, 2.45) is 5.16 Å². The van der Waals surface area contributed by atoms with Gasteiger partial charge in [-0.05, 0) is 25.1 Å². The molecule has 1 aromatic carbocycles. The fourth-order valence-corrected chi connectivity index (χ4v) is 1.13. The van der Waals surface area contributed by atoms with Crippen LogP contribution in [0.5, 0.6) is 5.75 Å². The lowest BCUT2D eigenvalue weighted by molar-refractivity contribution is -0.142. The van der Waals surface area contributed by atoms with E-state index in [2.05, 4.69) is 9.99 Å². The first-order valence-electron chi connectivity index (χ1n) is 4.77. The summed E-state index contributed by atoms with van der Waals surface area (Å²) in [6.45, 7) is 1.05. The molecule has 0 aliphatic carbocycles. The molecular weight excluding hydrogens is 229 g/mol. The number of carboxylic acid groups (broad SMARTS) is 1. The Labute approximate surface area is 97.5 Å². The summed E-state index contributed by atoms with van der Waals surface area (Å²) in [5.74, 6) is -1.51. The quantitative estimate of drug-likeness (QED) is 0.628. The third-order valence-corrected chi connectivity index (χ3v) is 1.96. The van der Waals surface area contributed by atoms with Crippen LogP contribution < -0.4 is 4.74 Å². The van der Waals surface area contributed by atoms with Crippen molar-refractivity contribution in [1.29, 1.82) is 0 Å². The van der Waals surface area contributed by atoms with Crippen molar-refractivity contribution >= 4 is 11.7 Å². The Morgan fingerprint density at radius 1 is 1.53 bits per heavy atom. The molecule has 0 saturated heterocycles. The first-order chi connectivity index (χ1) is 8.04. The maximum atomic E-state index is 13.3. The summed E-state index contributed by atoms with van der Waals surface area (Å²) in [6.07, 6.45) is 0. The molecule has 1 N–H and O–H groups in total. The Morgan fingerprint density at radius 3 is 2.76 bits per heavy atom. The maximum absolute atomic E-state index is 13.3. The molecule has 1 aromatic rings. The summed E-state index contributed by atoms with van der Waals surface area (Å²) in [7, 11) is 1.37. The standard InChI is InChI=1S/C11H12FNO4/c1-7(13-17-6-11(14)15)8-3-4-10(16-2)9(12)5-8/h3-5H,6H2,1-2H3,(H,14,15). The molecule has 1 rings (SSSR count). The zero-order valence-corrected chi connectivity index (χ0v) is 9.44. The minimum Gasteiger partial charge on any atom is -0.494 e. The van der Waals surface area contributed by atoms with Gasteiger partial charge in [-0.1, -0.05) is 5.16 Å². The van der Waals surface area contributed by atoms with Crippen LogP contribution in [0.25, 0.3) is 0 Å². The summed E-state index contributed by atoms with van der Waals surface area (Å²) >= 11 is 0. The van der Waals surface area contributed by atoms with E-state index < -0.39 is 18.4 Å². The van der Waals surface area contributed by atoms with Crippen LogP contribution in [-0.4, -0.2) is 30.5 Å². The number of carbonyl (C=O) groups is 1. The molecule has 0 saturated carbocycles. The number of methoxy groups -OCH3 is 1. The fourth-order valence-electron chi connectivity index (χ4n) is 1.13. The van der Waals surface area contributed by atoms with Crippen LogP contribution in [0, 0.1) is 5.82 Å². The molecule has 0 aromatic heterocycles. The largest absolute Gasteiger partial charge is 0.494 e. The lowest BCUT2D eigenvalue weighted by atomic mass is 10.1. The van der Waals surface area contributed by atoms with Crippen LogP contribution in [-0.2, 0) is 9.63 Å². The molecule has 6 heteroatoms. The van der Waals surface area contributed by atoms with Crippen molar-refractivity contribution in [2.45, 2.75) is 6.92 Å². The predicted octanol–water partition coefficient (Wildman–Crippen LogP) is 1.66. The van der Waals surface area contributed by atoms with Gasteiger partial charge in [-0.15, -0.1) is 0 Å². The number of hydrogen-bond acceptors (Lipinski definition) is 4. The van der Waals surface area contributed by atoms with Crippen molar-refractivity contribution in [3.63, 3.8) is 0 Å². The van der Waals surface area contributed by atoms with Gasteiger partial charge in [0.25, 0.3) is 0 Å². The average Bonchev–Trinajstić information content (AvgIpc) is 2.28. The Balaban J connectivity index is 2.78. The lowest BCUT2D eigenvalue weighted by Crippen LogP contribution is -2.05. The molecule has 92 valence electrons. The first kappa shape index (κ1) is 13.0. The third-order valence-electron chi connectivity index (χ3n) is 1.96. The lowest BCUT2D eigenvalue weighted by Gasteiger charge is -2.04. The van der Waals surface area contributed by atoms with Crippen molar-refractivity contribution in [2.75, 3.05) is 13.7 Å². The number of ether oxygens (including phenoxy) is 1. The molecule has 0 heterocycles. The summed E-state index contributed by atoms with van der Waals surface area (Å²) in [5, 5.41) is 11.9. The molecular formula is C11H12FNO4. The SMILES string of the molecule is COc1ccc(C(C)=NOCC(=O)O)cc1F. The molecule has 0 unspecified atom stereocenters. The molecule has 0 aliphatic heterocycles. The molecule has 0 radical (unpaired) electrons. The predicted molar refractivity (Wildman–Crippen MR) is 58.8 cm³/mol. The van der Waals surface area contributed by atoms with E-state index >= 15 is 0 Å². The normalized spacial score (nSPS) is 11.1. The summed E-state index contributed by atoms with van der Waals surface area (Å²) in [6, 6.07) is 4.30. The molecule has 0 atom stereocenters. The van der Waals surface area contributed by atoms with Gasteiger partial charge in [-0.2, -0.15) is 0 Å². The van der Waals surface area contributed by atoms with E-state index in [1.54, 1.807) is 13.0 Å². The van der Waals surface area contributed by atoms with Gasteiger partial charge in [-0.3, -0.25) is 0 Å². The van der Waals surface area contributed by atoms with E-state index in [9.17, 15) is 9.18 Å². The molecule has 0 spiro atoms. The minimum absolute atomic E-state index is 0.132. The summed E-state index contributed by atoms with van der Waals surface area (Å²) in [4.78, 5) is 14.7. The fraction of sp³-hybridized carbons (Fsp3) is 0.273. The second-order valence-corrected chi connectivity index (χ2v) is 3.19. The van der Waals surface area contributed by atoms with E-state index in [1.165, 1.54) is 19.2 Å². The van der Waals surface area contributed by atoms with Crippen LogP contribution >= 0.6 is 0 Å². The van der Waals surface area contributed by atoms with E-state index in [-0.39, 0.29) is 5.75 Å². The molecule has 0 amide bonds. The topological polar surface area (TPSA) is 68.1 Å². The van der Waals surface area contributed by atoms with Gasteiger partial charge in [0.1, 0.15) is 0 Å². The van der Waals surface area contributed by atoms with Crippen LogP contribution in [0.3, 0.4) is 0 Å². The third kappa shape index (κ3) is 3.75. The van der Waals surface area contributed by atoms with E-state index in [4.69, 9.17) is 9.84 Å². The Bertz CT molecular complexity index is 445. The average molecular weight is 241 g/mol. The van der Waals surface area contributed by atoms with Gasteiger partial charge in [0.05, 0.1) is 12.8 Å². The number of carboxylic acids is 1. The number of nitrogens with zero attached hydrogens (tertiary/aromatic N) is 1. The van der Waals surface area contributed by atoms with Crippen LogP contribution in [0.2, 0.25) is 0 Å². The molecule has 0 aliphatic rings. The maximum Gasteiger partial charge on any atom is 0.344 e. The highest BCUT2D eigenvalue weighted by Crippen LogP contribution is 2.18. The van der Waals surface area contributed by atoms with Gasteiger partial charge < -0.3 is 14.7 Å². The number of rotatable bonds is 5. The first-order valence-corrected chi connectivity index (χ1v) is 4.77. The molecule has 5 nitrogen and oxygen atoms in total. The van der Waals surface area contributed by atoms with E-state index in [1.807, 2.05) is 0 Å². The second-order valence-electron chi connectivity index (χ2n) is 3.19. The Kier molecular flexibility index (Phi) is 4.45. The highest BCUT2D eigenvalue weighted by molar-refractivity contribution is 5.98. The van der Waals surface area contributed by atoms with Crippen molar-refractivity contribution in [3.8, 4) is 5.75 Å². The highest BCUT2D eigenvalue weighted by atomic mass is 19.1. The van der Waals surface area contributed by atoms with Crippen molar-refractivity contribution in [1.82, 2.24) is 0 Å². The summed E-state index contributed by atoms with van der Waals surface area (Å²) < 4.78 is 18.1. The zero-order chi connectivity index (χ0) is 12.8. The number of hydrogen-bond donors (Lipinski definition) is 1. The van der Waals surface area contributed by atoms with Gasteiger partial charge in [0.15, 0.2) is 11.6 Å². The van der Waals surface area contributed by atoms with Crippen molar-refractivity contribution in [3.05, 3.63) is 29.6 Å².